The van der Waals surface area contributed by atoms with Crippen LogP contribution in [0.3, 0.4) is 0 Å². The first kappa shape index (κ1) is 17.7. The number of primary amides is 1. The molecule has 128 valence electrons. The second-order valence-corrected chi connectivity index (χ2v) is 5.85. The second-order valence-electron chi connectivity index (χ2n) is 5.44. The van der Waals surface area contributed by atoms with Crippen LogP contribution in [0.4, 0.5) is 0 Å². The molecule has 1 aromatic carbocycles. The second kappa shape index (κ2) is 6.88. The average molecular weight is 355 g/mol. The summed E-state index contributed by atoms with van der Waals surface area (Å²) in [5, 5.41) is 11.4. The minimum atomic E-state index is -1.48. The number of benzene rings is 1. The topological polar surface area (TPSA) is 136 Å². The van der Waals surface area contributed by atoms with Crippen molar-refractivity contribution in [2.24, 2.45) is 5.73 Å². The summed E-state index contributed by atoms with van der Waals surface area (Å²) in [6.07, 6.45) is -0.463. The van der Waals surface area contributed by atoms with Crippen molar-refractivity contribution in [2.75, 3.05) is 0 Å². The van der Waals surface area contributed by atoms with Crippen molar-refractivity contribution in [3.8, 4) is 0 Å². The molecule has 2 rings (SSSR count). The van der Waals surface area contributed by atoms with E-state index < -0.39 is 36.2 Å². The van der Waals surface area contributed by atoms with Gasteiger partial charge in [0.2, 0.25) is 5.91 Å². The van der Waals surface area contributed by atoms with Crippen molar-refractivity contribution in [3.63, 3.8) is 0 Å². The molecule has 1 aromatic rings. The summed E-state index contributed by atoms with van der Waals surface area (Å²) in [5.41, 5.74) is 5.68. The maximum absolute atomic E-state index is 12.2. The molecule has 0 radical (unpaired) electrons. The fraction of sp³-hybridized carbons (Fsp3) is 0.333. The van der Waals surface area contributed by atoms with Crippen LogP contribution in [0, 0.1) is 0 Å². The van der Waals surface area contributed by atoms with E-state index in [9.17, 15) is 19.2 Å². The van der Waals surface area contributed by atoms with Gasteiger partial charge in [-0.25, -0.2) is 9.59 Å². The third-order valence-electron chi connectivity index (χ3n) is 3.49. The molecule has 1 unspecified atom stereocenters. The smallest absolute Gasteiger partial charge is 0.338 e. The number of nitrogens with one attached hydrogen (secondary N) is 1. The summed E-state index contributed by atoms with van der Waals surface area (Å²) in [7, 11) is 0. The van der Waals surface area contributed by atoms with Gasteiger partial charge in [0.1, 0.15) is 12.1 Å². The van der Waals surface area contributed by atoms with Crippen molar-refractivity contribution in [3.05, 3.63) is 33.8 Å². The lowest BCUT2D eigenvalue weighted by Gasteiger charge is -2.23. The van der Waals surface area contributed by atoms with Crippen LogP contribution in [-0.2, 0) is 20.7 Å². The molecule has 9 heteroatoms. The van der Waals surface area contributed by atoms with E-state index in [4.69, 9.17) is 27.2 Å². The molecule has 1 aliphatic rings. The lowest BCUT2D eigenvalue weighted by atomic mass is 9.96. The third-order valence-corrected chi connectivity index (χ3v) is 3.82. The molecule has 2 amide bonds. The van der Waals surface area contributed by atoms with Gasteiger partial charge in [0, 0.05) is 17.0 Å². The van der Waals surface area contributed by atoms with Gasteiger partial charge in [0.15, 0.2) is 0 Å². The van der Waals surface area contributed by atoms with Crippen molar-refractivity contribution in [1.82, 2.24) is 5.32 Å². The molecule has 0 saturated carbocycles. The predicted octanol–water partition coefficient (Wildman–Crippen LogP) is 0.500. The maximum atomic E-state index is 12.2. The van der Waals surface area contributed by atoms with Gasteiger partial charge < -0.3 is 20.9 Å². The summed E-state index contributed by atoms with van der Waals surface area (Å²) in [4.78, 5) is 46.1. The van der Waals surface area contributed by atoms with Crippen molar-refractivity contribution in [2.45, 2.75) is 31.9 Å². The fourth-order valence-corrected chi connectivity index (χ4v) is 2.67. The van der Waals surface area contributed by atoms with E-state index in [1.807, 2.05) is 0 Å². The van der Waals surface area contributed by atoms with Gasteiger partial charge >= 0.3 is 11.9 Å². The number of nitrogens with two attached hydrogens (primary N) is 1. The highest BCUT2D eigenvalue weighted by Gasteiger charge is 2.28. The number of rotatable bonds is 5. The van der Waals surface area contributed by atoms with E-state index in [-0.39, 0.29) is 22.3 Å². The summed E-state index contributed by atoms with van der Waals surface area (Å²) >= 11 is 6.13. The van der Waals surface area contributed by atoms with Crippen LogP contribution >= 0.6 is 11.6 Å². The molecule has 0 aromatic heterocycles. The summed E-state index contributed by atoms with van der Waals surface area (Å²) < 4.78 is 5.09. The molecule has 8 nitrogen and oxygen atoms in total. The highest BCUT2D eigenvalue weighted by atomic mass is 35.5. The molecule has 0 fully saturated rings. The predicted molar refractivity (Wildman–Crippen MR) is 82.7 cm³/mol. The summed E-state index contributed by atoms with van der Waals surface area (Å²) in [6.45, 7) is 1.72. The Kier molecular flexibility index (Phi) is 5.08. The fourth-order valence-electron chi connectivity index (χ4n) is 2.38. The molecule has 0 saturated heterocycles. The van der Waals surface area contributed by atoms with Gasteiger partial charge in [0.05, 0.1) is 12.0 Å². The first-order chi connectivity index (χ1) is 11.2. The van der Waals surface area contributed by atoms with E-state index in [0.29, 0.717) is 12.0 Å². The standard InChI is InChI=1S/C15H15ClN2O6/c1-6-2-8-9(15(23)24-6)3-7(4-10(8)16)13(20)18-11(14(21)22)5-12(17)19/h3-4,6,11H,2,5H2,1H3,(H2,17,19)(H,18,20)(H,21,22)/t6?,11-/m0/s1. The lowest BCUT2D eigenvalue weighted by molar-refractivity contribution is -0.140. The Morgan fingerprint density at radius 3 is 2.71 bits per heavy atom. The van der Waals surface area contributed by atoms with E-state index in [1.54, 1.807) is 6.92 Å². The zero-order valence-corrected chi connectivity index (χ0v) is 13.4. The number of amides is 2. The Morgan fingerprint density at radius 1 is 1.46 bits per heavy atom. The van der Waals surface area contributed by atoms with E-state index in [0.717, 1.165) is 0 Å². The molecule has 0 aliphatic carbocycles. The molecule has 0 bridgehead atoms. The normalized spacial score (nSPS) is 17.4. The Morgan fingerprint density at radius 2 is 2.12 bits per heavy atom. The number of carboxylic acids is 1. The first-order valence-electron chi connectivity index (χ1n) is 7.04. The number of esters is 1. The number of halogens is 1. The third kappa shape index (κ3) is 3.83. The summed E-state index contributed by atoms with van der Waals surface area (Å²) in [5.74, 6) is -3.67. The van der Waals surface area contributed by atoms with E-state index >= 15 is 0 Å². The van der Waals surface area contributed by atoms with Crippen LogP contribution in [0.25, 0.3) is 0 Å². The molecule has 4 N–H and O–H groups in total. The number of cyclic esters (lactones) is 1. The van der Waals surface area contributed by atoms with E-state index in [1.165, 1.54) is 12.1 Å². The zero-order valence-electron chi connectivity index (χ0n) is 12.7. The Bertz CT molecular complexity index is 733. The Hall–Kier alpha value is -2.61. The van der Waals surface area contributed by atoms with Crippen LogP contribution in [0.2, 0.25) is 5.02 Å². The molecule has 2 atom stereocenters. The van der Waals surface area contributed by atoms with Gasteiger partial charge in [-0.2, -0.15) is 0 Å². The van der Waals surface area contributed by atoms with Crippen LogP contribution in [0.1, 0.15) is 39.6 Å². The summed E-state index contributed by atoms with van der Waals surface area (Å²) in [6, 6.07) is 1.15. The van der Waals surface area contributed by atoms with Gasteiger partial charge in [-0.15, -0.1) is 0 Å². The molecule has 24 heavy (non-hydrogen) atoms. The van der Waals surface area contributed by atoms with Crippen molar-refractivity contribution in [1.29, 1.82) is 0 Å². The largest absolute Gasteiger partial charge is 0.480 e. The molecule has 1 aliphatic heterocycles. The number of hydrogen-bond acceptors (Lipinski definition) is 5. The van der Waals surface area contributed by atoms with Gasteiger partial charge in [-0.3, -0.25) is 9.59 Å². The number of aliphatic carboxylic acids is 1. The van der Waals surface area contributed by atoms with Gasteiger partial charge in [0.25, 0.3) is 5.91 Å². The lowest BCUT2D eigenvalue weighted by Crippen LogP contribution is -2.43. The van der Waals surface area contributed by atoms with E-state index in [2.05, 4.69) is 5.32 Å². The van der Waals surface area contributed by atoms with Crippen LogP contribution < -0.4 is 11.1 Å². The minimum absolute atomic E-state index is 0.0130. The monoisotopic (exact) mass is 354 g/mol. The Balaban J connectivity index is 2.29. The quantitative estimate of drug-likeness (QED) is 0.659. The van der Waals surface area contributed by atoms with Gasteiger partial charge in [-0.05, 0) is 24.6 Å². The zero-order chi connectivity index (χ0) is 18.0. The number of carboxylic acid groups (broad SMARTS) is 1. The van der Waals surface area contributed by atoms with Crippen molar-refractivity contribution >= 4 is 35.4 Å². The first-order valence-corrected chi connectivity index (χ1v) is 7.42. The molecular weight excluding hydrogens is 340 g/mol. The van der Waals surface area contributed by atoms with Crippen LogP contribution in [-0.4, -0.2) is 41.0 Å². The van der Waals surface area contributed by atoms with Crippen LogP contribution in [0.15, 0.2) is 12.1 Å². The highest BCUT2D eigenvalue weighted by molar-refractivity contribution is 6.32. The number of carbonyl (C=O) groups excluding carboxylic acids is 3. The number of carbonyl (C=O) groups is 4. The maximum Gasteiger partial charge on any atom is 0.338 e. The number of fused-ring (bicyclic) bond motifs is 1. The average Bonchev–Trinajstić information content (AvgIpc) is 2.46. The van der Waals surface area contributed by atoms with Crippen molar-refractivity contribution < 1.29 is 29.0 Å². The SMILES string of the molecule is CC1Cc2c(Cl)cc(C(=O)N[C@@H](CC(N)=O)C(=O)O)cc2C(=O)O1. The van der Waals surface area contributed by atoms with Gasteiger partial charge in [-0.1, -0.05) is 11.6 Å². The Labute approximate surface area is 141 Å². The molecule has 1 heterocycles. The molecular formula is C15H15ClN2O6. The number of ether oxygens (including phenoxy) is 1. The van der Waals surface area contributed by atoms with Crippen LogP contribution in [0.5, 0.6) is 0 Å². The molecule has 0 spiro atoms. The minimum Gasteiger partial charge on any atom is -0.480 e. The number of hydrogen-bond donors (Lipinski definition) is 3. The highest BCUT2D eigenvalue weighted by Crippen LogP contribution is 2.29.